The molecule has 1 atom stereocenters. The van der Waals surface area contributed by atoms with Crippen molar-refractivity contribution in [3.05, 3.63) is 48.4 Å². The molecule has 1 aliphatic rings. The molecule has 0 spiro atoms. The maximum absolute atomic E-state index is 12.1. The van der Waals surface area contributed by atoms with Gasteiger partial charge in [-0.3, -0.25) is 14.4 Å². The molecule has 1 aromatic carbocycles. The molecular formula is C20H23N3O5. The van der Waals surface area contributed by atoms with Gasteiger partial charge in [-0.05, 0) is 49.6 Å². The lowest BCUT2D eigenvalue weighted by Crippen LogP contribution is -2.36. The van der Waals surface area contributed by atoms with Gasteiger partial charge in [-0.1, -0.05) is 6.07 Å². The molecule has 0 bridgehead atoms. The minimum Gasteiger partial charge on any atom is -0.467 e. The van der Waals surface area contributed by atoms with Crippen LogP contribution in [-0.2, 0) is 14.4 Å². The van der Waals surface area contributed by atoms with Crippen molar-refractivity contribution < 1.29 is 23.9 Å². The number of carbonyl (C=O) groups is 3. The van der Waals surface area contributed by atoms with Crippen LogP contribution in [0.4, 0.5) is 11.4 Å². The maximum Gasteiger partial charge on any atom is 0.313 e. The average Bonchev–Trinajstić information content (AvgIpc) is 3.23. The number of rotatable bonds is 6. The summed E-state index contributed by atoms with van der Waals surface area (Å²) in [4.78, 5) is 37.8. The minimum atomic E-state index is -0.850. The molecule has 0 unspecified atom stereocenters. The molecule has 8 heteroatoms. The summed E-state index contributed by atoms with van der Waals surface area (Å²) in [6.45, 7) is 0.769. The fourth-order valence-corrected chi connectivity index (χ4v) is 3.04. The number of carbonyl (C=O) groups excluding carboxylic acids is 3. The highest BCUT2D eigenvalue weighted by atomic mass is 16.4. The van der Waals surface area contributed by atoms with E-state index >= 15 is 0 Å². The SMILES string of the molecule is O=C(NCC[C@H](O)c1ccco1)C(=O)Nc1cccc(N2CCCCC2=O)c1. The summed E-state index contributed by atoms with van der Waals surface area (Å²) in [7, 11) is 0. The zero-order valence-electron chi connectivity index (χ0n) is 15.4. The summed E-state index contributed by atoms with van der Waals surface area (Å²) in [5.41, 5.74) is 1.14. The molecule has 148 valence electrons. The third-order valence-corrected chi connectivity index (χ3v) is 4.52. The van der Waals surface area contributed by atoms with Crippen molar-refractivity contribution in [1.29, 1.82) is 0 Å². The van der Waals surface area contributed by atoms with E-state index in [0.29, 0.717) is 30.1 Å². The lowest BCUT2D eigenvalue weighted by molar-refractivity contribution is -0.136. The second-order valence-corrected chi connectivity index (χ2v) is 6.58. The number of furan rings is 1. The van der Waals surface area contributed by atoms with Crippen LogP contribution >= 0.6 is 0 Å². The Bertz CT molecular complexity index is 834. The van der Waals surface area contributed by atoms with Gasteiger partial charge in [0.15, 0.2) is 0 Å². The van der Waals surface area contributed by atoms with Crippen molar-refractivity contribution in [2.45, 2.75) is 31.8 Å². The van der Waals surface area contributed by atoms with Gasteiger partial charge in [0.1, 0.15) is 11.9 Å². The van der Waals surface area contributed by atoms with E-state index in [0.717, 1.165) is 12.8 Å². The number of nitrogens with one attached hydrogen (secondary N) is 2. The van der Waals surface area contributed by atoms with E-state index in [-0.39, 0.29) is 18.9 Å². The number of amides is 3. The van der Waals surface area contributed by atoms with Crippen molar-refractivity contribution >= 4 is 29.1 Å². The molecule has 3 N–H and O–H groups in total. The summed E-state index contributed by atoms with van der Waals surface area (Å²) in [6.07, 6.45) is 3.17. The topological polar surface area (TPSA) is 112 Å². The van der Waals surface area contributed by atoms with E-state index in [1.807, 2.05) is 0 Å². The molecule has 8 nitrogen and oxygen atoms in total. The summed E-state index contributed by atoms with van der Waals surface area (Å²) in [5.74, 6) is -1.15. The van der Waals surface area contributed by atoms with E-state index in [4.69, 9.17) is 4.42 Å². The first kappa shape index (κ1) is 19.6. The number of aliphatic hydroxyl groups is 1. The van der Waals surface area contributed by atoms with E-state index < -0.39 is 17.9 Å². The third kappa shape index (κ3) is 4.98. The van der Waals surface area contributed by atoms with Crippen LogP contribution in [0.3, 0.4) is 0 Å². The number of aliphatic hydroxyl groups excluding tert-OH is 1. The lowest BCUT2D eigenvalue weighted by atomic mass is 10.1. The number of anilines is 2. The van der Waals surface area contributed by atoms with Gasteiger partial charge in [0, 0.05) is 30.9 Å². The second-order valence-electron chi connectivity index (χ2n) is 6.58. The first-order chi connectivity index (χ1) is 13.5. The summed E-state index contributed by atoms with van der Waals surface area (Å²) >= 11 is 0. The summed E-state index contributed by atoms with van der Waals surface area (Å²) < 4.78 is 5.08. The van der Waals surface area contributed by atoms with Crippen LogP contribution in [0.2, 0.25) is 0 Å². The third-order valence-electron chi connectivity index (χ3n) is 4.52. The molecule has 1 aliphatic heterocycles. The highest BCUT2D eigenvalue weighted by molar-refractivity contribution is 6.39. The smallest absolute Gasteiger partial charge is 0.313 e. The molecule has 28 heavy (non-hydrogen) atoms. The monoisotopic (exact) mass is 385 g/mol. The Morgan fingerprint density at radius 1 is 1.18 bits per heavy atom. The Labute approximate surface area is 162 Å². The minimum absolute atomic E-state index is 0.0579. The van der Waals surface area contributed by atoms with Gasteiger partial charge in [0.2, 0.25) is 5.91 Å². The van der Waals surface area contributed by atoms with Crippen LogP contribution in [0.5, 0.6) is 0 Å². The highest BCUT2D eigenvalue weighted by Crippen LogP contribution is 2.23. The van der Waals surface area contributed by atoms with Crippen molar-refractivity contribution in [2.75, 3.05) is 23.3 Å². The number of benzene rings is 1. The van der Waals surface area contributed by atoms with Gasteiger partial charge >= 0.3 is 11.8 Å². The Hall–Kier alpha value is -3.13. The number of nitrogens with zero attached hydrogens (tertiary/aromatic N) is 1. The molecule has 1 saturated heterocycles. The molecule has 3 rings (SSSR count). The van der Waals surface area contributed by atoms with Gasteiger partial charge in [0.25, 0.3) is 0 Å². The van der Waals surface area contributed by atoms with Gasteiger partial charge < -0.3 is 25.1 Å². The molecule has 1 fully saturated rings. The number of hydrogen-bond donors (Lipinski definition) is 3. The van der Waals surface area contributed by atoms with Crippen molar-refractivity contribution in [3.8, 4) is 0 Å². The summed E-state index contributed by atoms with van der Waals surface area (Å²) in [5, 5.41) is 14.9. The first-order valence-electron chi connectivity index (χ1n) is 9.25. The highest BCUT2D eigenvalue weighted by Gasteiger charge is 2.20. The fourth-order valence-electron chi connectivity index (χ4n) is 3.04. The molecule has 2 heterocycles. The Kier molecular flexibility index (Phi) is 6.44. The molecule has 3 amide bonds. The molecule has 0 aliphatic carbocycles. The van der Waals surface area contributed by atoms with E-state index in [1.165, 1.54) is 6.26 Å². The second kappa shape index (κ2) is 9.18. The fraction of sp³-hybridized carbons (Fsp3) is 0.350. The Balaban J connectivity index is 1.50. The van der Waals surface area contributed by atoms with Gasteiger partial charge in [-0.25, -0.2) is 0 Å². The van der Waals surface area contributed by atoms with Gasteiger partial charge in [-0.2, -0.15) is 0 Å². The molecular weight excluding hydrogens is 362 g/mol. The Morgan fingerprint density at radius 3 is 2.79 bits per heavy atom. The molecule has 0 saturated carbocycles. The van der Waals surface area contributed by atoms with E-state index in [1.54, 1.807) is 41.3 Å². The van der Waals surface area contributed by atoms with Crippen LogP contribution in [-0.4, -0.2) is 35.9 Å². The number of piperidine rings is 1. The van der Waals surface area contributed by atoms with Crippen molar-refractivity contribution in [1.82, 2.24) is 5.32 Å². The Morgan fingerprint density at radius 2 is 2.04 bits per heavy atom. The van der Waals surface area contributed by atoms with Crippen molar-refractivity contribution in [3.63, 3.8) is 0 Å². The average molecular weight is 385 g/mol. The summed E-state index contributed by atoms with van der Waals surface area (Å²) in [6, 6.07) is 10.2. The molecule has 0 radical (unpaired) electrons. The van der Waals surface area contributed by atoms with Crippen molar-refractivity contribution in [2.24, 2.45) is 0 Å². The van der Waals surface area contributed by atoms with Crippen LogP contribution in [0.25, 0.3) is 0 Å². The zero-order chi connectivity index (χ0) is 19.9. The largest absolute Gasteiger partial charge is 0.467 e. The predicted molar refractivity (Wildman–Crippen MR) is 103 cm³/mol. The number of hydrogen-bond acceptors (Lipinski definition) is 5. The van der Waals surface area contributed by atoms with Gasteiger partial charge in [0.05, 0.1) is 6.26 Å². The van der Waals surface area contributed by atoms with Crippen LogP contribution < -0.4 is 15.5 Å². The normalized spacial score (nSPS) is 15.2. The predicted octanol–water partition coefficient (Wildman–Crippen LogP) is 1.97. The van der Waals surface area contributed by atoms with Crippen LogP contribution in [0, 0.1) is 0 Å². The maximum atomic E-state index is 12.1. The molecule has 1 aromatic heterocycles. The molecule has 2 aromatic rings. The van der Waals surface area contributed by atoms with E-state index in [9.17, 15) is 19.5 Å². The van der Waals surface area contributed by atoms with E-state index in [2.05, 4.69) is 10.6 Å². The first-order valence-corrected chi connectivity index (χ1v) is 9.25. The van der Waals surface area contributed by atoms with Gasteiger partial charge in [-0.15, -0.1) is 0 Å². The standard InChI is InChI=1S/C20H23N3O5/c24-16(17-7-4-12-28-17)9-10-21-19(26)20(27)22-14-5-3-6-15(13-14)23-11-2-1-8-18(23)25/h3-7,12-13,16,24H,1-2,8-11H2,(H,21,26)(H,22,27)/t16-/m0/s1. The zero-order valence-corrected chi connectivity index (χ0v) is 15.4. The quantitative estimate of drug-likeness (QED) is 0.658. The van der Waals surface area contributed by atoms with Crippen LogP contribution in [0.1, 0.15) is 37.5 Å². The lowest BCUT2D eigenvalue weighted by Gasteiger charge is -2.27. The van der Waals surface area contributed by atoms with Crippen LogP contribution in [0.15, 0.2) is 47.1 Å².